The fourth-order valence-electron chi connectivity index (χ4n) is 4.02. The molecule has 34 heavy (non-hydrogen) atoms. The molecule has 2 aromatic rings. The molecule has 1 atom stereocenters. The molecule has 0 saturated carbocycles. The summed E-state index contributed by atoms with van der Waals surface area (Å²) in [6.45, 7) is 2.79. The normalized spacial score (nSPS) is 18.4. The van der Waals surface area contributed by atoms with E-state index in [1.54, 1.807) is 12.1 Å². The van der Waals surface area contributed by atoms with Gasteiger partial charge in [0.15, 0.2) is 0 Å². The Morgan fingerprint density at radius 2 is 1.94 bits per heavy atom. The van der Waals surface area contributed by atoms with Gasteiger partial charge in [-0.05, 0) is 29.8 Å². The number of benzene rings is 2. The number of amides is 2. The van der Waals surface area contributed by atoms with Crippen LogP contribution in [0.1, 0.15) is 5.56 Å². The molecule has 0 aromatic heterocycles. The first-order valence-corrected chi connectivity index (χ1v) is 11.0. The topological polar surface area (TPSA) is 91.3 Å². The van der Waals surface area contributed by atoms with Crippen LogP contribution in [-0.4, -0.2) is 70.5 Å². The average molecular weight is 472 g/mol. The molecule has 179 valence electrons. The van der Waals surface area contributed by atoms with Gasteiger partial charge in [-0.15, -0.1) is 0 Å². The van der Waals surface area contributed by atoms with E-state index in [0.29, 0.717) is 43.1 Å². The summed E-state index contributed by atoms with van der Waals surface area (Å²) in [5, 5.41) is 11.8. The summed E-state index contributed by atoms with van der Waals surface area (Å²) in [5.74, 6) is -1.61. The second-order valence-electron chi connectivity index (χ2n) is 8.25. The zero-order valence-corrected chi connectivity index (χ0v) is 18.5. The molecule has 11 heteroatoms. The van der Waals surface area contributed by atoms with Crippen LogP contribution in [-0.2, 0) is 20.7 Å². The Hall–Kier alpha value is -3.18. The number of cyclic esters (lactones) is 1. The number of carbonyl (C=O) groups excluding carboxylic acids is 2. The maximum atomic E-state index is 14.8. The Morgan fingerprint density at radius 3 is 2.68 bits per heavy atom. The number of nitrogens with one attached hydrogen (secondary N) is 1. The zero-order chi connectivity index (χ0) is 24.1. The van der Waals surface area contributed by atoms with Crippen molar-refractivity contribution in [3.05, 3.63) is 53.6 Å². The smallest absolute Gasteiger partial charge is 0.414 e. The summed E-state index contributed by atoms with van der Waals surface area (Å²) in [6.07, 6.45) is -0.780. The Balaban J connectivity index is 1.35. The van der Waals surface area contributed by atoms with E-state index < -0.39 is 23.6 Å². The van der Waals surface area contributed by atoms with E-state index in [-0.39, 0.29) is 37.6 Å². The molecule has 2 saturated heterocycles. The lowest BCUT2D eigenvalue weighted by Gasteiger charge is -2.33. The molecule has 0 spiro atoms. The van der Waals surface area contributed by atoms with Gasteiger partial charge in [0, 0.05) is 32.1 Å². The number of morpholine rings is 1. The number of hydrogen-bond acceptors (Lipinski definition) is 6. The van der Waals surface area contributed by atoms with Crippen LogP contribution < -0.4 is 20.6 Å². The molecule has 2 aliphatic rings. The van der Waals surface area contributed by atoms with Crippen molar-refractivity contribution in [3.8, 4) is 0 Å². The standard InChI is InChI=1S/C23H25BF2N3O5/c25-19-3-1-17(24-32)9-16(19)10-22(30)27-12-15-13-29(23(31)34-14-15)18-2-4-21(20(26)11-18)28-5-7-33-8-6-28/h1-4,9,11,15,32H,5-8,10,12-14H2,(H,27,30). The van der Waals surface area contributed by atoms with Gasteiger partial charge in [0.1, 0.15) is 11.6 Å². The van der Waals surface area contributed by atoms with E-state index >= 15 is 0 Å². The largest absolute Gasteiger partial charge is 0.450 e. The van der Waals surface area contributed by atoms with Crippen molar-refractivity contribution in [2.45, 2.75) is 6.42 Å². The highest BCUT2D eigenvalue weighted by Crippen LogP contribution is 2.28. The number of nitrogens with zero attached hydrogens (tertiary/aromatic N) is 2. The summed E-state index contributed by atoms with van der Waals surface area (Å²) < 4.78 is 39.3. The predicted molar refractivity (Wildman–Crippen MR) is 122 cm³/mol. The van der Waals surface area contributed by atoms with Crippen LogP contribution in [0.3, 0.4) is 0 Å². The number of ether oxygens (including phenoxy) is 2. The van der Waals surface area contributed by atoms with Crippen molar-refractivity contribution in [3.63, 3.8) is 0 Å². The summed E-state index contributed by atoms with van der Waals surface area (Å²) in [7, 11) is 0.835. The predicted octanol–water partition coefficient (Wildman–Crippen LogP) is 0.970. The molecule has 1 radical (unpaired) electrons. The van der Waals surface area contributed by atoms with Crippen molar-refractivity contribution in [2.24, 2.45) is 5.92 Å². The Kier molecular flexibility index (Phi) is 7.64. The van der Waals surface area contributed by atoms with E-state index in [1.165, 1.54) is 29.2 Å². The highest BCUT2D eigenvalue weighted by atomic mass is 19.1. The molecule has 2 fully saturated rings. The first-order chi connectivity index (χ1) is 16.4. The van der Waals surface area contributed by atoms with E-state index in [9.17, 15) is 18.4 Å². The molecule has 8 nitrogen and oxygen atoms in total. The molecule has 2 amide bonds. The van der Waals surface area contributed by atoms with Crippen molar-refractivity contribution in [2.75, 3.05) is 55.8 Å². The zero-order valence-electron chi connectivity index (χ0n) is 18.5. The lowest BCUT2D eigenvalue weighted by Crippen LogP contribution is -2.47. The fourth-order valence-corrected chi connectivity index (χ4v) is 4.02. The van der Waals surface area contributed by atoms with Crippen molar-refractivity contribution in [1.82, 2.24) is 5.32 Å². The molecule has 2 aliphatic heterocycles. The third-order valence-electron chi connectivity index (χ3n) is 5.86. The van der Waals surface area contributed by atoms with E-state index in [4.69, 9.17) is 14.5 Å². The van der Waals surface area contributed by atoms with Gasteiger partial charge in [0.2, 0.25) is 5.91 Å². The van der Waals surface area contributed by atoms with Gasteiger partial charge in [0.05, 0.1) is 37.6 Å². The second kappa shape index (κ2) is 10.8. The Labute approximate surface area is 196 Å². The minimum Gasteiger partial charge on any atom is -0.450 e. The molecule has 2 N–H and O–H groups in total. The van der Waals surface area contributed by atoms with Crippen molar-refractivity contribution < 1.29 is 32.9 Å². The summed E-state index contributed by atoms with van der Waals surface area (Å²) in [6, 6.07) is 8.60. The quantitative estimate of drug-likeness (QED) is 0.584. The maximum Gasteiger partial charge on any atom is 0.414 e. The summed E-state index contributed by atoms with van der Waals surface area (Å²) in [5.41, 5.74) is 1.38. The third kappa shape index (κ3) is 5.65. The van der Waals surface area contributed by atoms with E-state index in [2.05, 4.69) is 5.32 Å². The van der Waals surface area contributed by atoms with Crippen LogP contribution in [0.5, 0.6) is 0 Å². The Morgan fingerprint density at radius 1 is 1.15 bits per heavy atom. The SMILES string of the molecule is O=C(Cc1cc([B]O)ccc1F)NCC1COC(=O)N(c2ccc(N3CCOCC3)c(F)c2)C1. The first kappa shape index (κ1) is 24.0. The second-order valence-corrected chi connectivity index (χ2v) is 8.25. The monoisotopic (exact) mass is 472 g/mol. The lowest BCUT2D eigenvalue weighted by atomic mass is 9.87. The molecule has 2 heterocycles. The van der Waals surface area contributed by atoms with Gasteiger partial charge in [-0.3, -0.25) is 9.69 Å². The van der Waals surface area contributed by atoms with Crippen LogP contribution in [0.25, 0.3) is 0 Å². The van der Waals surface area contributed by atoms with Crippen LogP contribution in [0.4, 0.5) is 25.0 Å². The molecule has 2 aromatic carbocycles. The fraction of sp³-hybridized carbons (Fsp3) is 0.391. The maximum absolute atomic E-state index is 14.8. The molecule has 1 unspecified atom stereocenters. The number of anilines is 2. The number of carbonyl (C=O) groups is 2. The van der Waals surface area contributed by atoms with Crippen molar-refractivity contribution >= 4 is 36.3 Å². The third-order valence-corrected chi connectivity index (χ3v) is 5.86. The van der Waals surface area contributed by atoms with E-state index in [0.717, 1.165) is 7.48 Å². The molecule has 4 rings (SSSR count). The van der Waals surface area contributed by atoms with Crippen LogP contribution in [0, 0.1) is 17.6 Å². The summed E-state index contributed by atoms with van der Waals surface area (Å²) in [4.78, 5) is 27.9. The summed E-state index contributed by atoms with van der Waals surface area (Å²) >= 11 is 0. The molecule has 0 aliphatic carbocycles. The molecular weight excluding hydrogens is 447 g/mol. The van der Waals surface area contributed by atoms with Gasteiger partial charge in [-0.1, -0.05) is 17.6 Å². The molecule has 0 bridgehead atoms. The van der Waals surface area contributed by atoms with Gasteiger partial charge < -0.3 is 24.7 Å². The van der Waals surface area contributed by atoms with Gasteiger partial charge in [-0.2, -0.15) is 0 Å². The highest BCUT2D eigenvalue weighted by Gasteiger charge is 2.29. The van der Waals surface area contributed by atoms with Crippen molar-refractivity contribution in [1.29, 1.82) is 0 Å². The number of rotatable bonds is 7. The van der Waals surface area contributed by atoms with Crippen LogP contribution in [0.15, 0.2) is 36.4 Å². The first-order valence-electron chi connectivity index (χ1n) is 11.0. The van der Waals surface area contributed by atoms with Crippen LogP contribution in [0.2, 0.25) is 0 Å². The van der Waals surface area contributed by atoms with Crippen LogP contribution >= 0.6 is 0 Å². The average Bonchev–Trinajstić information content (AvgIpc) is 2.85. The van der Waals surface area contributed by atoms with Gasteiger partial charge in [-0.25, -0.2) is 13.6 Å². The number of hydrogen-bond donors (Lipinski definition) is 2. The van der Waals surface area contributed by atoms with Gasteiger partial charge in [0.25, 0.3) is 0 Å². The van der Waals surface area contributed by atoms with E-state index in [1.807, 2.05) is 4.90 Å². The Bertz CT molecular complexity index is 1050. The molecular formula is C23H25BF2N3O5. The minimum atomic E-state index is -0.583. The minimum absolute atomic E-state index is 0.104. The van der Waals surface area contributed by atoms with Gasteiger partial charge >= 0.3 is 13.6 Å². The number of halogens is 2. The lowest BCUT2D eigenvalue weighted by molar-refractivity contribution is -0.120. The highest BCUT2D eigenvalue weighted by molar-refractivity contribution is 6.45.